The van der Waals surface area contributed by atoms with Crippen molar-refractivity contribution in [1.29, 1.82) is 0 Å². The van der Waals surface area contributed by atoms with Gasteiger partial charge in [0.15, 0.2) is 0 Å². The number of carbonyl (C=O) groups is 1. The van der Waals surface area contributed by atoms with Crippen molar-refractivity contribution in [2.24, 2.45) is 5.92 Å². The summed E-state index contributed by atoms with van der Waals surface area (Å²) in [6.07, 6.45) is 3.51. The van der Waals surface area contributed by atoms with Crippen LogP contribution in [0.1, 0.15) is 51.2 Å². The van der Waals surface area contributed by atoms with E-state index in [9.17, 15) is 4.79 Å². The minimum Gasteiger partial charge on any atom is -0.465 e. The fourth-order valence-corrected chi connectivity index (χ4v) is 2.96. The molecule has 1 fully saturated rings. The lowest BCUT2D eigenvalue weighted by molar-refractivity contribution is 0.123. The number of amides is 1. The zero-order valence-corrected chi connectivity index (χ0v) is 13.4. The van der Waals surface area contributed by atoms with Gasteiger partial charge in [-0.25, -0.2) is 4.79 Å². The predicted octanol–water partition coefficient (Wildman–Crippen LogP) is 4.31. The van der Waals surface area contributed by atoms with Gasteiger partial charge in [0.05, 0.1) is 0 Å². The second-order valence-corrected chi connectivity index (χ2v) is 7.20. The van der Waals surface area contributed by atoms with Gasteiger partial charge < -0.3 is 10.0 Å². The van der Waals surface area contributed by atoms with Crippen LogP contribution in [0.4, 0.5) is 4.79 Å². The summed E-state index contributed by atoms with van der Waals surface area (Å²) in [6, 6.07) is 8.96. The zero-order chi connectivity index (χ0) is 15.5. The van der Waals surface area contributed by atoms with E-state index in [4.69, 9.17) is 5.11 Å². The van der Waals surface area contributed by atoms with E-state index in [1.54, 1.807) is 0 Å². The van der Waals surface area contributed by atoms with Gasteiger partial charge in [-0.1, -0.05) is 45.0 Å². The van der Waals surface area contributed by atoms with Gasteiger partial charge in [0.25, 0.3) is 0 Å². The van der Waals surface area contributed by atoms with Crippen LogP contribution in [0.2, 0.25) is 0 Å². The number of rotatable bonds is 3. The summed E-state index contributed by atoms with van der Waals surface area (Å²) in [6.45, 7) is 8.10. The zero-order valence-electron chi connectivity index (χ0n) is 13.4. The molecule has 1 N–H and O–H groups in total. The fourth-order valence-electron chi connectivity index (χ4n) is 2.96. The molecule has 1 aromatic carbocycles. The van der Waals surface area contributed by atoms with Crippen LogP contribution in [0.5, 0.6) is 0 Å². The van der Waals surface area contributed by atoms with Gasteiger partial charge in [-0.15, -0.1) is 0 Å². The number of aryl methyl sites for hydroxylation is 1. The molecule has 3 heteroatoms. The van der Waals surface area contributed by atoms with Crippen molar-refractivity contribution in [3.63, 3.8) is 0 Å². The smallest absolute Gasteiger partial charge is 0.407 e. The van der Waals surface area contributed by atoms with E-state index >= 15 is 0 Å². The van der Waals surface area contributed by atoms with Crippen LogP contribution < -0.4 is 0 Å². The van der Waals surface area contributed by atoms with Crippen molar-refractivity contribution in [3.8, 4) is 0 Å². The Morgan fingerprint density at radius 3 is 2.24 bits per heavy atom. The Labute approximate surface area is 128 Å². The Balaban J connectivity index is 1.80. The minimum absolute atomic E-state index is 0.211. The number of carboxylic acid groups (broad SMARTS) is 1. The molecular formula is C18H27NO2. The molecule has 116 valence electrons. The molecule has 0 unspecified atom stereocenters. The first-order valence-electron chi connectivity index (χ1n) is 7.93. The molecule has 0 radical (unpaired) electrons. The molecule has 1 aliphatic heterocycles. The quantitative estimate of drug-likeness (QED) is 0.901. The van der Waals surface area contributed by atoms with Crippen molar-refractivity contribution in [1.82, 2.24) is 4.90 Å². The van der Waals surface area contributed by atoms with Crippen LogP contribution in [0.25, 0.3) is 0 Å². The van der Waals surface area contributed by atoms with Crippen molar-refractivity contribution in [2.45, 2.75) is 51.9 Å². The van der Waals surface area contributed by atoms with Gasteiger partial charge in [-0.3, -0.25) is 0 Å². The standard InChI is InChI=1S/C18H27NO2/c1-18(2,3)16-8-6-14(7-9-16)4-5-15-10-12-19(13-11-15)17(20)21/h6-9,15H,4-5,10-13H2,1-3H3,(H,20,21). The third-order valence-electron chi connectivity index (χ3n) is 4.55. The second-order valence-electron chi connectivity index (χ2n) is 7.20. The molecule has 1 aliphatic rings. The third kappa shape index (κ3) is 4.48. The summed E-state index contributed by atoms with van der Waals surface area (Å²) in [5, 5.41) is 8.95. The topological polar surface area (TPSA) is 40.5 Å². The first-order valence-corrected chi connectivity index (χ1v) is 7.93. The number of nitrogens with zero attached hydrogens (tertiary/aromatic N) is 1. The van der Waals surface area contributed by atoms with Crippen molar-refractivity contribution < 1.29 is 9.90 Å². The van der Waals surface area contributed by atoms with E-state index in [1.165, 1.54) is 22.4 Å². The molecule has 1 aromatic rings. The van der Waals surface area contributed by atoms with Crippen LogP contribution in [0, 0.1) is 5.92 Å². The van der Waals surface area contributed by atoms with Crippen molar-refractivity contribution >= 4 is 6.09 Å². The monoisotopic (exact) mass is 289 g/mol. The molecule has 3 nitrogen and oxygen atoms in total. The molecule has 1 saturated heterocycles. The molecule has 2 rings (SSSR count). The Morgan fingerprint density at radius 2 is 1.76 bits per heavy atom. The molecule has 0 aliphatic carbocycles. The molecule has 1 amide bonds. The van der Waals surface area contributed by atoms with Gasteiger partial charge in [0.2, 0.25) is 0 Å². The first-order chi connectivity index (χ1) is 9.86. The largest absolute Gasteiger partial charge is 0.465 e. The van der Waals surface area contributed by atoms with E-state index < -0.39 is 6.09 Å². The highest BCUT2D eigenvalue weighted by Gasteiger charge is 2.22. The Hall–Kier alpha value is -1.51. The summed E-state index contributed by atoms with van der Waals surface area (Å²) in [7, 11) is 0. The van der Waals surface area contributed by atoms with Gasteiger partial charge in [0, 0.05) is 13.1 Å². The number of piperidine rings is 1. The van der Waals surface area contributed by atoms with E-state index in [1.807, 2.05) is 0 Å². The van der Waals surface area contributed by atoms with Crippen molar-refractivity contribution in [2.75, 3.05) is 13.1 Å². The Bertz CT molecular complexity index is 465. The lowest BCUT2D eigenvalue weighted by atomic mass is 9.85. The summed E-state index contributed by atoms with van der Waals surface area (Å²) in [4.78, 5) is 12.4. The molecule has 21 heavy (non-hydrogen) atoms. The molecule has 0 bridgehead atoms. The van der Waals surface area contributed by atoms with Crippen molar-refractivity contribution in [3.05, 3.63) is 35.4 Å². The highest BCUT2D eigenvalue weighted by Crippen LogP contribution is 2.25. The van der Waals surface area contributed by atoms with Crippen LogP contribution in [0.15, 0.2) is 24.3 Å². The number of likely N-dealkylation sites (tertiary alicyclic amines) is 1. The lowest BCUT2D eigenvalue weighted by Gasteiger charge is -2.30. The first kappa shape index (κ1) is 15.9. The third-order valence-corrected chi connectivity index (χ3v) is 4.55. The SMILES string of the molecule is CC(C)(C)c1ccc(CCC2CCN(C(=O)O)CC2)cc1. The molecule has 0 spiro atoms. The molecule has 0 atom stereocenters. The van der Waals surface area contributed by atoms with E-state index in [2.05, 4.69) is 45.0 Å². The molecule has 1 heterocycles. The average molecular weight is 289 g/mol. The van der Waals surface area contributed by atoms with Crippen LogP contribution in [-0.4, -0.2) is 29.2 Å². The van der Waals surface area contributed by atoms with Gasteiger partial charge in [0.1, 0.15) is 0 Å². The molecule has 0 saturated carbocycles. The summed E-state index contributed by atoms with van der Waals surface area (Å²) in [5.74, 6) is 0.669. The molecule has 0 aromatic heterocycles. The van der Waals surface area contributed by atoms with E-state index in [-0.39, 0.29) is 5.41 Å². The highest BCUT2D eigenvalue weighted by molar-refractivity contribution is 5.64. The summed E-state index contributed by atoms with van der Waals surface area (Å²) in [5.41, 5.74) is 2.98. The maximum absolute atomic E-state index is 10.9. The normalized spacial score (nSPS) is 17.0. The Kier molecular flexibility index (Phi) is 4.92. The Morgan fingerprint density at radius 1 is 1.19 bits per heavy atom. The highest BCUT2D eigenvalue weighted by atomic mass is 16.4. The minimum atomic E-state index is -0.772. The summed E-state index contributed by atoms with van der Waals surface area (Å²) < 4.78 is 0. The van der Waals surface area contributed by atoms with E-state index in [0.29, 0.717) is 19.0 Å². The maximum atomic E-state index is 10.9. The van der Waals surface area contributed by atoms with Gasteiger partial charge >= 0.3 is 6.09 Å². The van der Waals surface area contributed by atoms with Gasteiger partial charge in [-0.2, -0.15) is 0 Å². The molecular weight excluding hydrogens is 262 g/mol. The van der Waals surface area contributed by atoms with Crippen LogP contribution in [-0.2, 0) is 11.8 Å². The maximum Gasteiger partial charge on any atom is 0.407 e. The van der Waals surface area contributed by atoms with E-state index in [0.717, 1.165) is 19.3 Å². The van der Waals surface area contributed by atoms with Gasteiger partial charge in [-0.05, 0) is 48.1 Å². The van der Waals surface area contributed by atoms with Crippen LogP contribution in [0.3, 0.4) is 0 Å². The number of benzene rings is 1. The van der Waals surface area contributed by atoms with Crippen LogP contribution >= 0.6 is 0 Å². The average Bonchev–Trinajstić information content (AvgIpc) is 2.45. The fraction of sp³-hybridized carbons (Fsp3) is 0.611. The second kappa shape index (κ2) is 6.50. The lowest BCUT2D eigenvalue weighted by Crippen LogP contribution is -2.37. The summed E-state index contributed by atoms with van der Waals surface area (Å²) >= 11 is 0. The predicted molar refractivity (Wildman–Crippen MR) is 85.8 cm³/mol. The number of hydrogen-bond donors (Lipinski definition) is 1. The number of hydrogen-bond acceptors (Lipinski definition) is 1.